The van der Waals surface area contributed by atoms with E-state index in [2.05, 4.69) is 18.7 Å². The van der Waals surface area contributed by atoms with E-state index in [-0.39, 0.29) is 12.2 Å². The predicted octanol–water partition coefficient (Wildman–Crippen LogP) is 8.22. The molecule has 0 rings (SSSR count). The molecular weight excluding hydrogens is 474 g/mol. The average Bonchev–Trinajstić information content (AvgIpc) is 2.92. The first kappa shape index (κ1) is 39.7. The lowest BCUT2D eigenvalue weighted by Gasteiger charge is -2.27. The van der Waals surface area contributed by atoms with Crippen molar-refractivity contribution in [3.05, 3.63) is 0 Å². The molecule has 0 saturated heterocycles. The van der Waals surface area contributed by atoms with Gasteiger partial charge in [0.05, 0.1) is 12.2 Å². The molecule has 0 aliphatic heterocycles. The zero-order valence-electron chi connectivity index (χ0n) is 26.0. The Labute approximate surface area is 238 Å². The molecule has 3 N–H and O–H groups in total. The molecule has 5 nitrogen and oxygen atoms in total. The van der Waals surface area contributed by atoms with Gasteiger partial charge in [-0.15, -0.1) is 0 Å². The smallest absolute Gasteiger partial charge is 0.120 e. The Morgan fingerprint density at radius 2 is 0.842 bits per heavy atom. The summed E-state index contributed by atoms with van der Waals surface area (Å²) in [5.74, 6) is 0. The van der Waals surface area contributed by atoms with Crippen molar-refractivity contribution in [1.29, 1.82) is 0 Å². The van der Waals surface area contributed by atoms with Crippen LogP contribution in [0.2, 0.25) is 0 Å². The van der Waals surface area contributed by atoms with Crippen molar-refractivity contribution < 1.29 is 20.1 Å². The van der Waals surface area contributed by atoms with Crippen LogP contribution in [0.3, 0.4) is 0 Å². The minimum atomic E-state index is -0.334. The van der Waals surface area contributed by atoms with Gasteiger partial charge >= 0.3 is 0 Å². The summed E-state index contributed by atoms with van der Waals surface area (Å²) >= 11 is 0. The van der Waals surface area contributed by atoms with E-state index in [0.717, 1.165) is 52.0 Å². The monoisotopic (exact) mass is 544 g/mol. The van der Waals surface area contributed by atoms with Crippen molar-refractivity contribution in [1.82, 2.24) is 4.90 Å². The summed E-state index contributed by atoms with van der Waals surface area (Å²) in [5, 5.41) is 28.2. The number of nitrogens with zero attached hydrogens (tertiary/aromatic N) is 1. The highest BCUT2D eigenvalue weighted by atomic mass is 16.3. The molecule has 0 radical (unpaired) electrons. The van der Waals surface area contributed by atoms with Crippen LogP contribution in [0.25, 0.3) is 0 Å². The number of aliphatic hydroxyl groups is 3. The number of hydrogen-bond acceptors (Lipinski definition) is 5. The standard InChI is InChI=1S/C32H65NO3.CH4O/c1-3-5-7-9-11-13-15-17-19-21-25-31(35)29-33(27-23-24-28-34)30-32(36)26-22-20-18-16-14-12-10-8-6-4-2;1-2/h28,31-32,35-36H,3-27,29-30H2,1-2H3;2H,1H3. The minimum absolute atomic E-state index is 0.334. The van der Waals surface area contributed by atoms with Crippen LogP contribution < -0.4 is 0 Å². The van der Waals surface area contributed by atoms with E-state index >= 15 is 0 Å². The lowest BCUT2D eigenvalue weighted by Crippen LogP contribution is -2.38. The Hall–Kier alpha value is -0.490. The molecule has 0 saturated carbocycles. The third kappa shape index (κ3) is 31.7. The fourth-order valence-electron chi connectivity index (χ4n) is 5.17. The summed E-state index contributed by atoms with van der Waals surface area (Å²) in [4.78, 5) is 12.9. The van der Waals surface area contributed by atoms with Gasteiger partial charge in [-0.3, -0.25) is 4.90 Å². The van der Waals surface area contributed by atoms with Gasteiger partial charge < -0.3 is 20.1 Å². The van der Waals surface area contributed by atoms with Gasteiger partial charge in [0.2, 0.25) is 0 Å². The van der Waals surface area contributed by atoms with Crippen LogP contribution in [0.5, 0.6) is 0 Å². The van der Waals surface area contributed by atoms with E-state index in [4.69, 9.17) is 5.11 Å². The van der Waals surface area contributed by atoms with Gasteiger partial charge in [-0.25, -0.2) is 0 Å². The van der Waals surface area contributed by atoms with Crippen molar-refractivity contribution in [3.8, 4) is 0 Å². The second-order valence-corrected chi connectivity index (χ2v) is 11.3. The van der Waals surface area contributed by atoms with Crippen LogP contribution in [-0.2, 0) is 4.79 Å². The molecule has 5 heteroatoms. The molecule has 230 valence electrons. The van der Waals surface area contributed by atoms with E-state index in [0.29, 0.717) is 19.5 Å². The van der Waals surface area contributed by atoms with Gasteiger partial charge in [0.1, 0.15) is 6.29 Å². The van der Waals surface area contributed by atoms with Crippen molar-refractivity contribution in [3.63, 3.8) is 0 Å². The highest BCUT2D eigenvalue weighted by molar-refractivity contribution is 5.49. The minimum Gasteiger partial charge on any atom is -0.400 e. The van der Waals surface area contributed by atoms with Crippen LogP contribution >= 0.6 is 0 Å². The topological polar surface area (TPSA) is 81.0 Å². The van der Waals surface area contributed by atoms with E-state index in [1.54, 1.807) is 0 Å². The normalized spacial score (nSPS) is 12.8. The Morgan fingerprint density at radius 1 is 0.526 bits per heavy atom. The van der Waals surface area contributed by atoms with Crippen molar-refractivity contribution in [2.75, 3.05) is 26.7 Å². The predicted molar refractivity (Wildman–Crippen MR) is 165 cm³/mol. The van der Waals surface area contributed by atoms with E-state index < -0.39 is 0 Å². The SMILES string of the molecule is CCCCCCCCCCCCC(O)CN(CCCC=O)CC(O)CCCCCCCCCCCC.CO. The summed E-state index contributed by atoms with van der Waals surface area (Å²) < 4.78 is 0. The average molecular weight is 544 g/mol. The Morgan fingerprint density at radius 3 is 1.16 bits per heavy atom. The first-order valence-electron chi connectivity index (χ1n) is 16.6. The second kappa shape index (κ2) is 34.5. The van der Waals surface area contributed by atoms with Gasteiger partial charge in [-0.2, -0.15) is 0 Å². The highest BCUT2D eigenvalue weighted by Gasteiger charge is 2.15. The number of aldehydes is 1. The van der Waals surface area contributed by atoms with Gasteiger partial charge in [0, 0.05) is 26.6 Å². The maximum absolute atomic E-state index is 10.7. The number of carbonyl (C=O) groups is 1. The van der Waals surface area contributed by atoms with Gasteiger partial charge in [0.25, 0.3) is 0 Å². The second-order valence-electron chi connectivity index (χ2n) is 11.3. The zero-order chi connectivity index (χ0) is 28.5. The quantitative estimate of drug-likeness (QED) is 0.0628. The fourth-order valence-corrected chi connectivity index (χ4v) is 5.17. The molecule has 0 heterocycles. The molecule has 0 bridgehead atoms. The van der Waals surface area contributed by atoms with Gasteiger partial charge in [-0.1, -0.05) is 142 Å². The van der Waals surface area contributed by atoms with Crippen LogP contribution in [0.15, 0.2) is 0 Å². The molecule has 38 heavy (non-hydrogen) atoms. The molecule has 0 amide bonds. The van der Waals surface area contributed by atoms with E-state index in [9.17, 15) is 15.0 Å². The van der Waals surface area contributed by atoms with Crippen molar-refractivity contribution in [2.45, 2.75) is 180 Å². The fraction of sp³-hybridized carbons (Fsp3) is 0.970. The Bertz CT molecular complexity index is 403. The maximum Gasteiger partial charge on any atom is 0.120 e. The molecule has 0 aromatic rings. The first-order chi connectivity index (χ1) is 18.6. The largest absolute Gasteiger partial charge is 0.400 e. The summed E-state index contributed by atoms with van der Waals surface area (Å²) in [5.41, 5.74) is 0. The van der Waals surface area contributed by atoms with Crippen LogP contribution in [0.1, 0.15) is 168 Å². The molecule has 0 fully saturated rings. The third-order valence-corrected chi connectivity index (χ3v) is 7.52. The summed E-state index contributed by atoms with van der Waals surface area (Å²) in [6.45, 7) is 6.54. The molecular formula is C33H69NO4. The van der Waals surface area contributed by atoms with E-state index in [1.807, 2.05) is 0 Å². The zero-order valence-corrected chi connectivity index (χ0v) is 26.0. The number of hydrogen-bond donors (Lipinski definition) is 3. The van der Waals surface area contributed by atoms with E-state index in [1.165, 1.54) is 116 Å². The molecule has 0 aromatic carbocycles. The number of rotatable bonds is 30. The Kier molecular flexibility index (Phi) is 36.0. The molecule has 0 aromatic heterocycles. The van der Waals surface area contributed by atoms with Crippen LogP contribution in [-0.4, -0.2) is 65.5 Å². The highest BCUT2D eigenvalue weighted by Crippen LogP contribution is 2.15. The molecule has 2 unspecified atom stereocenters. The van der Waals surface area contributed by atoms with Crippen LogP contribution in [0, 0.1) is 0 Å². The number of aliphatic hydroxyl groups excluding tert-OH is 3. The lowest BCUT2D eigenvalue weighted by molar-refractivity contribution is -0.108. The summed E-state index contributed by atoms with van der Waals surface area (Å²) in [6.07, 6.45) is 29.5. The Balaban J connectivity index is 0. The molecule has 0 spiro atoms. The summed E-state index contributed by atoms with van der Waals surface area (Å²) in [7, 11) is 1.00. The third-order valence-electron chi connectivity index (χ3n) is 7.52. The summed E-state index contributed by atoms with van der Waals surface area (Å²) in [6, 6.07) is 0. The van der Waals surface area contributed by atoms with Crippen molar-refractivity contribution in [2.24, 2.45) is 0 Å². The van der Waals surface area contributed by atoms with Gasteiger partial charge in [0.15, 0.2) is 0 Å². The lowest BCUT2D eigenvalue weighted by atomic mass is 10.0. The molecule has 2 atom stereocenters. The maximum atomic E-state index is 10.7. The number of unbranched alkanes of at least 4 members (excludes halogenated alkanes) is 19. The first-order valence-corrected chi connectivity index (χ1v) is 16.6. The molecule has 0 aliphatic rings. The molecule has 0 aliphatic carbocycles. The number of carbonyl (C=O) groups excluding carboxylic acids is 1. The van der Waals surface area contributed by atoms with Crippen molar-refractivity contribution >= 4 is 6.29 Å². The van der Waals surface area contributed by atoms with Gasteiger partial charge in [-0.05, 0) is 25.8 Å². The van der Waals surface area contributed by atoms with Crippen LogP contribution in [0.4, 0.5) is 0 Å².